The molecule has 3 aromatic rings. The summed E-state index contributed by atoms with van der Waals surface area (Å²) in [5.74, 6) is 0.759. The van der Waals surface area contributed by atoms with Gasteiger partial charge in [-0.15, -0.1) is 0 Å². The van der Waals surface area contributed by atoms with Crippen LogP contribution in [0.4, 0.5) is 0 Å². The minimum atomic E-state index is -0.471. The largest absolute Gasteiger partial charge is 0.456 e. The number of hydrogen-bond donors (Lipinski definition) is 0. The van der Waals surface area contributed by atoms with Crippen molar-refractivity contribution in [1.29, 1.82) is 0 Å². The van der Waals surface area contributed by atoms with Crippen molar-refractivity contribution >= 4 is 40.5 Å². The maximum atomic E-state index is 6.47. The predicted molar refractivity (Wildman–Crippen MR) is 162 cm³/mol. The van der Waals surface area contributed by atoms with Crippen molar-refractivity contribution < 1.29 is 13.8 Å². The van der Waals surface area contributed by atoms with Gasteiger partial charge in [0.2, 0.25) is 0 Å². The molecule has 0 aliphatic heterocycles. The molecule has 3 nitrogen and oxygen atoms in total. The second kappa shape index (κ2) is 8.71. The van der Waals surface area contributed by atoms with Crippen LogP contribution in [-0.4, -0.2) is 25.8 Å². The van der Waals surface area contributed by atoms with E-state index in [0.717, 1.165) is 27.4 Å². The molecule has 2 aromatic carbocycles. The first kappa shape index (κ1) is 24.4. The van der Waals surface area contributed by atoms with Crippen LogP contribution in [0.5, 0.6) is 0 Å². The number of furan rings is 1. The van der Waals surface area contributed by atoms with Gasteiger partial charge in [0, 0.05) is 29.7 Å². The van der Waals surface area contributed by atoms with Gasteiger partial charge in [-0.05, 0) is 84.8 Å². The molecule has 4 heteroatoms. The maximum absolute atomic E-state index is 6.47. The minimum Gasteiger partial charge on any atom is -0.456 e. The molecule has 0 amide bonds. The summed E-state index contributed by atoms with van der Waals surface area (Å²) in [6.07, 6.45) is 20.5. The van der Waals surface area contributed by atoms with Crippen LogP contribution in [0.25, 0.3) is 27.5 Å². The summed E-state index contributed by atoms with van der Waals surface area (Å²) >= 11 is 0. The van der Waals surface area contributed by atoms with E-state index >= 15 is 0 Å². The van der Waals surface area contributed by atoms with E-state index in [0.29, 0.717) is 19.3 Å². The summed E-state index contributed by atoms with van der Waals surface area (Å²) in [4.78, 5) is 0. The van der Waals surface area contributed by atoms with Gasteiger partial charge in [0.05, 0.1) is 11.2 Å². The highest BCUT2D eigenvalue weighted by molar-refractivity contribution is 6.52. The number of allylic oxidation sites excluding steroid dienone is 14. The van der Waals surface area contributed by atoms with Crippen molar-refractivity contribution in [3.05, 3.63) is 119 Å². The van der Waals surface area contributed by atoms with E-state index in [2.05, 4.69) is 107 Å². The lowest BCUT2D eigenvalue weighted by molar-refractivity contribution is -0.114. The molecule has 0 bridgehead atoms. The van der Waals surface area contributed by atoms with Gasteiger partial charge in [0.1, 0.15) is 11.2 Å². The molecule has 0 N–H and O–H groups in total. The lowest BCUT2D eigenvalue weighted by atomic mass is 9.63. The Labute approximate surface area is 230 Å². The number of fused-ring (bicyclic) bond motifs is 3. The highest BCUT2D eigenvalue weighted by Gasteiger charge is 2.39. The molecular weight excluding hydrogens is 479 g/mol. The lowest BCUT2D eigenvalue weighted by Crippen LogP contribution is -2.50. The summed E-state index contributed by atoms with van der Waals surface area (Å²) in [7, 11) is 2.21. The second-order valence-electron chi connectivity index (χ2n) is 12.0. The Morgan fingerprint density at radius 2 is 1.54 bits per heavy atom. The van der Waals surface area contributed by atoms with Gasteiger partial charge in [-0.2, -0.15) is 0 Å². The molecule has 39 heavy (non-hydrogen) atoms. The van der Waals surface area contributed by atoms with Crippen molar-refractivity contribution in [3.8, 4) is 0 Å². The molecule has 0 fully saturated rings. The van der Waals surface area contributed by atoms with Crippen LogP contribution < -0.4 is 5.46 Å². The van der Waals surface area contributed by atoms with E-state index in [9.17, 15) is 0 Å². The topological polar surface area (TPSA) is 31.6 Å². The van der Waals surface area contributed by atoms with E-state index in [1.807, 2.05) is 12.1 Å². The normalized spacial score (nSPS) is 21.7. The summed E-state index contributed by atoms with van der Waals surface area (Å²) in [6.45, 7) is 8.29. The molecule has 1 heterocycles. The Morgan fingerprint density at radius 3 is 2.36 bits per heavy atom. The first-order valence-corrected chi connectivity index (χ1v) is 13.8. The molecule has 0 spiro atoms. The molecule has 1 aromatic heterocycles. The van der Waals surface area contributed by atoms with E-state index < -0.39 is 11.2 Å². The molecule has 194 valence electrons. The Hall–Kier alpha value is -3.60. The summed E-state index contributed by atoms with van der Waals surface area (Å²) < 4.78 is 18.5. The minimum absolute atomic E-state index is 0.360. The van der Waals surface area contributed by atoms with Gasteiger partial charge in [-0.3, -0.25) is 0 Å². The standard InChI is InChI=1S/C35H33BO3/c1-34(2,37-5)35(3,4)39-36-28-10-7-11-30-33(28)27-20-24(16-19-29(27)38-30)25-17-14-23-13-12-21-8-6-9-22-15-18-26(25)32(23)31(21)22/h6-20,31-32,36H,1-5H3. The third-order valence-corrected chi connectivity index (χ3v) is 9.44. The monoisotopic (exact) mass is 512 g/mol. The Balaban J connectivity index is 1.32. The molecule has 7 rings (SSSR count). The van der Waals surface area contributed by atoms with E-state index in [4.69, 9.17) is 13.8 Å². The molecule has 0 saturated heterocycles. The van der Waals surface area contributed by atoms with Crippen LogP contribution in [-0.2, 0) is 9.39 Å². The fourth-order valence-corrected chi connectivity index (χ4v) is 6.33. The SMILES string of the molecule is COC(C)(C)C(C)(C)OBc1cccc2oc3ccc(C4=C5C=CC6=CC=CC7=CC=C(C=C4)C5C67)cc3c12. The summed E-state index contributed by atoms with van der Waals surface area (Å²) in [5.41, 5.74) is 10.1. The molecule has 0 saturated carbocycles. The quantitative estimate of drug-likeness (QED) is 0.326. The van der Waals surface area contributed by atoms with Crippen LogP contribution in [0.3, 0.4) is 0 Å². The van der Waals surface area contributed by atoms with Gasteiger partial charge in [-0.25, -0.2) is 0 Å². The fraction of sp³-hybridized carbons (Fsp3) is 0.257. The fourth-order valence-electron chi connectivity index (χ4n) is 6.33. The zero-order chi connectivity index (χ0) is 26.9. The van der Waals surface area contributed by atoms with Gasteiger partial charge < -0.3 is 13.8 Å². The van der Waals surface area contributed by atoms with Crippen molar-refractivity contribution in [1.82, 2.24) is 0 Å². The van der Waals surface area contributed by atoms with Crippen LogP contribution in [0, 0.1) is 11.8 Å². The van der Waals surface area contributed by atoms with Crippen molar-refractivity contribution in [2.45, 2.75) is 38.9 Å². The van der Waals surface area contributed by atoms with Crippen molar-refractivity contribution in [3.63, 3.8) is 0 Å². The van der Waals surface area contributed by atoms with E-state index in [-0.39, 0.29) is 0 Å². The predicted octanol–water partition coefficient (Wildman–Crippen LogP) is 7.27. The molecule has 2 atom stereocenters. The third kappa shape index (κ3) is 3.73. The van der Waals surface area contributed by atoms with Gasteiger partial charge in [0.25, 0.3) is 0 Å². The van der Waals surface area contributed by atoms with Gasteiger partial charge in [0.15, 0.2) is 0 Å². The van der Waals surface area contributed by atoms with Crippen molar-refractivity contribution in [2.24, 2.45) is 11.8 Å². The second-order valence-corrected chi connectivity index (χ2v) is 12.0. The number of benzene rings is 2. The number of ether oxygens (including phenoxy) is 1. The van der Waals surface area contributed by atoms with Crippen LogP contribution >= 0.6 is 0 Å². The molecule has 0 radical (unpaired) electrons. The zero-order valence-corrected chi connectivity index (χ0v) is 23.2. The number of methoxy groups -OCH3 is 1. The Kier molecular flexibility index (Phi) is 5.46. The van der Waals surface area contributed by atoms with E-state index in [1.165, 1.54) is 33.4 Å². The summed E-state index contributed by atoms with van der Waals surface area (Å²) in [5, 5.41) is 2.25. The third-order valence-electron chi connectivity index (χ3n) is 9.44. The molecule has 4 aliphatic rings. The van der Waals surface area contributed by atoms with Gasteiger partial charge in [-0.1, -0.05) is 72.9 Å². The molecular formula is C35H33BO3. The smallest absolute Gasteiger partial charge is 0.310 e. The van der Waals surface area contributed by atoms with Crippen molar-refractivity contribution in [2.75, 3.05) is 7.11 Å². The van der Waals surface area contributed by atoms with Gasteiger partial charge >= 0.3 is 7.48 Å². The number of hydrogen-bond acceptors (Lipinski definition) is 3. The Morgan fingerprint density at radius 1 is 0.769 bits per heavy atom. The van der Waals surface area contributed by atoms with Crippen LogP contribution in [0.15, 0.2) is 118 Å². The first-order valence-electron chi connectivity index (χ1n) is 13.8. The molecule has 2 unspecified atom stereocenters. The first-order chi connectivity index (χ1) is 18.8. The maximum Gasteiger partial charge on any atom is 0.310 e. The van der Waals surface area contributed by atoms with E-state index in [1.54, 1.807) is 7.11 Å². The Bertz CT molecular complexity index is 1750. The van der Waals surface area contributed by atoms with Crippen LogP contribution in [0.1, 0.15) is 33.3 Å². The average Bonchev–Trinajstić information content (AvgIpc) is 3.33. The average molecular weight is 512 g/mol. The lowest BCUT2D eigenvalue weighted by Gasteiger charge is -2.40. The highest BCUT2D eigenvalue weighted by Crippen LogP contribution is 2.51. The number of rotatable bonds is 6. The molecule has 4 aliphatic carbocycles. The summed E-state index contributed by atoms with van der Waals surface area (Å²) in [6, 6.07) is 12.9. The zero-order valence-electron chi connectivity index (χ0n) is 23.2. The van der Waals surface area contributed by atoms with Crippen LogP contribution in [0.2, 0.25) is 0 Å². The highest BCUT2D eigenvalue weighted by atomic mass is 16.5.